The lowest BCUT2D eigenvalue weighted by Gasteiger charge is -2.11. The standard InChI is InChI=1S/C14H19N3/c1-10-14(11(2)17-16-10)9-13(15)8-12-6-4-3-5-7-12/h3-7,13H,8-9,15H2,1-2H3,(H,16,17). The lowest BCUT2D eigenvalue weighted by molar-refractivity contribution is 0.661. The number of hydrogen-bond acceptors (Lipinski definition) is 2. The van der Waals surface area contributed by atoms with Gasteiger partial charge in [0.05, 0.1) is 5.69 Å². The lowest BCUT2D eigenvalue weighted by Crippen LogP contribution is -2.26. The normalized spacial score (nSPS) is 12.6. The number of H-pyrrole nitrogens is 1. The van der Waals surface area contributed by atoms with Gasteiger partial charge in [-0.3, -0.25) is 5.10 Å². The SMILES string of the molecule is Cc1n[nH]c(C)c1CC(N)Cc1ccccc1. The summed E-state index contributed by atoms with van der Waals surface area (Å²) in [7, 11) is 0. The van der Waals surface area contributed by atoms with E-state index in [0.717, 1.165) is 24.2 Å². The van der Waals surface area contributed by atoms with Crippen LogP contribution < -0.4 is 5.73 Å². The van der Waals surface area contributed by atoms with Crippen molar-refractivity contribution < 1.29 is 0 Å². The Kier molecular flexibility index (Phi) is 3.59. The van der Waals surface area contributed by atoms with Gasteiger partial charge in [0.1, 0.15) is 0 Å². The highest BCUT2D eigenvalue weighted by Crippen LogP contribution is 2.13. The molecule has 2 aromatic rings. The minimum absolute atomic E-state index is 0.146. The summed E-state index contributed by atoms with van der Waals surface area (Å²) in [5.41, 5.74) is 10.9. The van der Waals surface area contributed by atoms with E-state index in [2.05, 4.69) is 34.5 Å². The van der Waals surface area contributed by atoms with Crippen molar-refractivity contribution in [1.82, 2.24) is 10.2 Å². The van der Waals surface area contributed by atoms with Crippen LogP contribution in [0.1, 0.15) is 22.5 Å². The van der Waals surface area contributed by atoms with Crippen molar-refractivity contribution in [2.75, 3.05) is 0 Å². The first kappa shape index (κ1) is 11.9. The summed E-state index contributed by atoms with van der Waals surface area (Å²) < 4.78 is 0. The topological polar surface area (TPSA) is 54.7 Å². The van der Waals surface area contributed by atoms with Crippen molar-refractivity contribution in [1.29, 1.82) is 0 Å². The van der Waals surface area contributed by atoms with Crippen LogP contribution >= 0.6 is 0 Å². The second kappa shape index (κ2) is 5.15. The van der Waals surface area contributed by atoms with E-state index >= 15 is 0 Å². The first-order chi connectivity index (χ1) is 8.16. The molecule has 0 aliphatic carbocycles. The van der Waals surface area contributed by atoms with Crippen LogP contribution in [0.25, 0.3) is 0 Å². The van der Waals surface area contributed by atoms with E-state index in [1.165, 1.54) is 11.1 Å². The van der Waals surface area contributed by atoms with Crippen molar-refractivity contribution in [2.45, 2.75) is 32.7 Å². The van der Waals surface area contributed by atoms with Crippen molar-refractivity contribution >= 4 is 0 Å². The van der Waals surface area contributed by atoms with Crippen LogP contribution in [0.4, 0.5) is 0 Å². The summed E-state index contributed by atoms with van der Waals surface area (Å²) in [4.78, 5) is 0. The Bertz CT molecular complexity index is 454. The van der Waals surface area contributed by atoms with E-state index in [4.69, 9.17) is 5.73 Å². The molecule has 1 unspecified atom stereocenters. The number of rotatable bonds is 4. The molecule has 0 radical (unpaired) electrons. The van der Waals surface area contributed by atoms with Gasteiger partial charge in [0.2, 0.25) is 0 Å². The fourth-order valence-electron chi connectivity index (χ4n) is 2.13. The number of nitrogens with zero attached hydrogens (tertiary/aromatic N) is 1. The molecule has 3 N–H and O–H groups in total. The van der Waals surface area contributed by atoms with E-state index in [0.29, 0.717) is 0 Å². The van der Waals surface area contributed by atoms with Gasteiger partial charge in [0.25, 0.3) is 0 Å². The van der Waals surface area contributed by atoms with Crippen LogP contribution in [0, 0.1) is 13.8 Å². The molecule has 1 atom stereocenters. The maximum atomic E-state index is 6.19. The summed E-state index contributed by atoms with van der Waals surface area (Å²) in [5, 5.41) is 7.20. The molecule has 0 spiro atoms. The minimum Gasteiger partial charge on any atom is -0.327 e. The number of aromatic nitrogens is 2. The van der Waals surface area contributed by atoms with Crippen LogP contribution in [0.15, 0.2) is 30.3 Å². The van der Waals surface area contributed by atoms with Gasteiger partial charge in [0.15, 0.2) is 0 Å². The summed E-state index contributed by atoms with van der Waals surface area (Å²) in [6.45, 7) is 4.07. The van der Waals surface area contributed by atoms with Gasteiger partial charge in [-0.25, -0.2) is 0 Å². The summed E-state index contributed by atoms with van der Waals surface area (Å²) in [6, 6.07) is 10.5. The molecule has 1 aromatic heterocycles. The predicted molar refractivity (Wildman–Crippen MR) is 69.9 cm³/mol. The molecular formula is C14H19N3. The van der Waals surface area contributed by atoms with Crippen LogP contribution in [-0.4, -0.2) is 16.2 Å². The first-order valence-corrected chi connectivity index (χ1v) is 5.96. The van der Waals surface area contributed by atoms with Crippen LogP contribution in [-0.2, 0) is 12.8 Å². The summed E-state index contributed by atoms with van der Waals surface area (Å²) in [5.74, 6) is 0. The number of hydrogen-bond donors (Lipinski definition) is 2. The highest BCUT2D eigenvalue weighted by molar-refractivity contribution is 5.25. The van der Waals surface area contributed by atoms with Crippen LogP contribution in [0.5, 0.6) is 0 Å². The highest BCUT2D eigenvalue weighted by atomic mass is 15.1. The fraction of sp³-hybridized carbons (Fsp3) is 0.357. The highest BCUT2D eigenvalue weighted by Gasteiger charge is 2.11. The van der Waals surface area contributed by atoms with Gasteiger partial charge in [0, 0.05) is 11.7 Å². The minimum atomic E-state index is 0.146. The molecule has 0 aliphatic rings. The Balaban J connectivity index is 2.01. The van der Waals surface area contributed by atoms with Crippen molar-refractivity contribution in [3.05, 3.63) is 52.8 Å². The average Bonchev–Trinajstić information content (AvgIpc) is 2.62. The zero-order valence-electron chi connectivity index (χ0n) is 10.4. The predicted octanol–water partition coefficient (Wildman–Crippen LogP) is 2.14. The fourth-order valence-corrected chi connectivity index (χ4v) is 2.13. The maximum absolute atomic E-state index is 6.19. The van der Waals surface area contributed by atoms with Crippen molar-refractivity contribution in [2.24, 2.45) is 5.73 Å². The van der Waals surface area contributed by atoms with E-state index in [1.54, 1.807) is 0 Å². The third kappa shape index (κ3) is 2.94. The Morgan fingerprint density at radius 2 is 1.88 bits per heavy atom. The zero-order valence-corrected chi connectivity index (χ0v) is 10.4. The molecule has 1 heterocycles. The molecule has 0 saturated carbocycles. The van der Waals surface area contributed by atoms with Gasteiger partial charge < -0.3 is 5.73 Å². The third-order valence-electron chi connectivity index (χ3n) is 3.09. The quantitative estimate of drug-likeness (QED) is 0.844. The Morgan fingerprint density at radius 1 is 1.18 bits per heavy atom. The Labute approximate surface area is 102 Å². The molecule has 0 bridgehead atoms. The van der Waals surface area contributed by atoms with E-state index in [9.17, 15) is 0 Å². The smallest absolute Gasteiger partial charge is 0.0626 e. The molecule has 3 heteroatoms. The third-order valence-corrected chi connectivity index (χ3v) is 3.09. The van der Waals surface area contributed by atoms with E-state index in [-0.39, 0.29) is 6.04 Å². The molecule has 1 aromatic carbocycles. The molecule has 0 aliphatic heterocycles. The molecule has 0 fully saturated rings. The summed E-state index contributed by atoms with van der Waals surface area (Å²) >= 11 is 0. The van der Waals surface area contributed by atoms with Gasteiger partial charge in [-0.15, -0.1) is 0 Å². The molecule has 0 amide bonds. The van der Waals surface area contributed by atoms with Gasteiger partial charge in [-0.1, -0.05) is 30.3 Å². The summed E-state index contributed by atoms with van der Waals surface area (Å²) in [6.07, 6.45) is 1.79. The lowest BCUT2D eigenvalue weighted by atomic mass is 9.99. The maximum Gasteiger partial charge on any atom is 0.0626 e. The van der Waals surface area contributed by atoms with Crippen LogP contribution in [0.3, 0.4) is 0 Å². The Hall–Kier alpha value is -1.61. The molecule has 2 rings (SSSR count). The Morgan fingerprint density at radius 3 is 2.47 bits per heavy atom. The molecule has 3 nitrogen and oxygen atoms in total. The van der Waals surface area contributed by atoms with Crippen molar-refractivity contribution in [3.63, 3.8) is 0 Å². The van der Waals surface area contributed by atoms with E-state index < -0.39 is 0 Å². The number of nitrogens with two attached hydrogens (primary N) is 1. The number of aromatic amines is 1. The van der Waals surface area contributed by atoms with Crippen LogP contribution in [0.2, 0.25) is 0 Å². The van der Waals surface area contributed by atoms with Crippen molar-refractivity contribution in [3.8, 4) is 0 Å². The molecule has 17 heavy (non-hydrogen) atoms. The van der Waals surface area contributed by atoms with Gasteiger partial charge in [-0.2, -0.15) is 5.10 Å². The second-order valence-electron chi connectivity index (χ2n) is 4.57. The molecule has 0 saturated heterocycles. The van der Waals surface area contributed by atoms with Gasteiger partial charge in [-0.05, 0) is 37.8 Å². The van der Waals surface area contributed by atoms with E-state index in [1.807, 2.05) is 19.9 Å². The number of nitrogens with one attached hydrogen (secondary N) is 1. The molecule has 90 valence electrons. The zero-order chi connectivity index (χ0) is 12.3. The average molecular weight is 229 g/mol. The monoisotopic (exact) mass is 229 g/mol. The first-order valence-electron chi connectivity index (χ1n) is 5.96. The second-order valence-corrected chi connectivity index (χ2v) is 4.57. The largest absolute Gasteiger partial charge is 0.327 e. The van der Waals surface area contributed by atoms with Gasteiger partial charge >= 0.3 is 0 Å². The molecular weight excluding hydrogens is 210 g/mol. The number of benzene rings is 1. The number of aryl methyl sites for hydroxylation is 2.